The number of amides is 1. The minimum atomic E-state index is -0.0451. The van der Waals surface area contributed by atoms with E-state index in [9.17, 15) is 4.79 Å². The van der Waals surface area contributed by atoms with E-state index in [4.69, 9.17) is 11.6 Å². The topological polar surface area (TPSA) is 64.7 Å². The van der Waals surface area contributed by atoms with Gasteiger partial charge in [0.25, 0.3) is 0 Å². The van der Waals surface area contributed by atoms with E-state index in [-0.39, 0.29) is 11.7 Å². The second-order valence-corrected chi connectivity index (χ2v) is 8.07. The highest BCUT2D eigenvalue weighted by atomic mass is 35.5. The molecule has 1 amide bonds. The lowest BCUT2D eigenvalue weighted by molar-refractivity contribution is -0.118. The largest absolute Gasteiger partial charge is 0.350 e. The number of halogens is 1. The molecule has 4 aromatic rings. The van der Waals surface area contributed by atoms with E-state index in [0.717, 1.165) is 22.6 Å². The van der Waals surface area contributed by atoms with Crippen LogP contribution in [-0.4, -0.2) is 31.0 Å². The van der Waals surface area contributed by atoms with Crippen LogP contribution in [-0.2, 0) is 25.4 Å². The van der Waals surface area contributed by atoms with Crippen LogP contribution in [0.3, 0.4) is 0 Å². The minimum absolute atomic E-state index is 0.0451. The standard InChI is InChI=1S/C21H20ClN5OS/c1-26-17(11-15-5-3-4-6-18(15)26)12-23-19(28)13-29-21-25-24-20(27(21)2)14-7-9-16(22)10-8-14/h3-11H,12-13H2,1-2H3,(H,23,28). The number of hydrogen-bond acceptors (Lipinski definition) is 4. The van der Waals surface area contributed by atoms with Crippen molar-refractivity contribution in [3.63, 3.8) is 0 Å². The lowest BCUT2D eigenvalue weighted by Gasteiger charge is -2.07. The van der Waals surface area contributed by atoms with Gasteiger partial charge in [-0.3, -0.25) is 4.79 Å². The Bertz CT molecular complexity index is 1170. The molecule has 29 heavy (non-hydrogen) atoms. The zero-order valence-electron chi connectivity index (χ0n) is 16.1. The van der Waals surface area contributed by atoms with Crippen molar-refractivity contribution in [1.29, 1.82) is 0 Å². The third-order valence-corrected chi connectivity index (χ3v) is 6.06. The molecule has 2 aromatic heterocycles. The molecular weight excluding hydrogens is 406 g/mol. The number of carbonyl (C=O) groups excluding carboxylic acids is 1. The lowest BCUT2D eigenvalue weighted by Crippen LogP contribution is -2.25. The molecule has 0 bridgehead atoms. The first-order valence-electron chi connectivity index (χ1n) is 9.11. The normalized spacial score (nSPS) is 11.1. The van der Waals surface area contributed by atoms with Crippen molar-refractivity contribution in [1.82, 2.24) is 24.6 Å². The maximum Gasteiger partial charge on any atom is 0.230 e. The van der Waals surface area contributed by atoms with E-state index in [0.29, 0.717) is 16.7 Å². The molecule has 0 fully saturated rings. The zero-order valence-corrected chi connectivity index (χ0v) is 17.7. The number of nitrogens with zero attached hydrogens (tertiary/aromatic N) is 4. The van der Waals surface area contributed by atoms with E-state index in [1.807, 2.05) is 55.1 Å². The first kappa shape index (κ1) is 19.5. The molecule has 1 N–H and O–H groups in total. The van der Waals surface area contributed by atoms with Crippen molar-refractivity contribution >= 4 is 40.2 Å². The molecule has 8 heteroatoms. The van der Waals surface area contributed by atoms with Crippen LogP contribution in [0.15, 0.2) is 59.8 Å². The van der Waals surface area contributed by atoms with Crippen LogP contribution in [0.4, 0.5) is 0 Å². The van der Waals surface area contributed by atoms with Gasteiger partial charge in [-0.2, -0.15) is 0 Å². The van der Waals surface area contributed by atoms with Gasteiger partial charge < -0.3 is 14.5 Å². The number of aromatic nitrogens is 4. The van der Waals surface area contributed by atoms with Crippen molar-refractivity contribution in [2.45, 2.75) is 11.7 Å². The summed E-state index contributed by atoms with van der Waals surface area (Å²) in [6.45, 7) is 0.486. The predicted molar refractivity (Wildman–Crippen MR) is 117 cm³/mol. The van der Waals surface area contributed by atoms with Crippen LogP contribution in [0.25, 0.3) is 22.3 Å². The Labute approximate surface area is 177 Å². The minimum Gasteiger partial charge on any atom is -0.350 e. The van der Waals surface area contributed by atoms with E-state index < -0.39 is 0 Å². The summed E-state index contributed by atoms with van der Waals surface area (Å²) in [5, 5.41) is 14.0. The lowest BCUT2D eigenvalue weighted by atomic mass is 10.2. The van der Waals surface area contributed by atoms with Gasteiger partial charge in [0, 0.05) is 35.9 Å². The summed E-state index contributed by atoms with van der Waals surface area (Å²) >= 11 is 7.31. The Morgan fingerprint density at radius 1 is 1.07 bits per heavy atom. The molecule has 0 saturated carbocycles. The van der Waals surface area contributed by atoms with E-state index >= 15 is 0 Å². The SMILES string of the molecule is Cn1c(SCC(=O)NCc2cc3ccccc3n2C)nnc1-c1ccc(Cl)cc1. The molecule has 0 aliphatic heterocycles. The van der Waals surface area contributed by atoms with E-state index in [2.05, 4.69) is 38.3 Å². The van der Waals surface area contributed by atoms with Crippen molar-refractivity contribution in [3.05, 3.63) is 65.3 Å². The molecule has 148 valence electrons. The van der Waals surface area contributed by atoms with Crippen molar-refractivity contribution in [2.24, 2.45) is 14.1 Å². The summed E-state index contributed by atoms with van der Waals surface area (Å²) in [7, 11) is 3.90. The van der Waals surface area contributed by atoms with Crippen LogP contribution >= 0.6 is 23.4 Å². The van der Waals surface area contributed by atoms with Gasteiger partial charge >= 0.3 is 0 Å². The molecule has 0 atom stereocenters. The van der Waals surface area contributed by atoms with Crippen molar-refractivity contribution < 1.29 is 4.79 Å². The number of aryl methyl sites for hydroxylation is 1. The fourth-order valence-corrected chi connectivity index (χ4v) is 4.04. The quantitative estimate of drug-likeness (QED) is 0.473. The number of benzene rings is 2. The second kappa shape index (κ2) is 8.31. The van der Waals surface area contributed by atoms with Crippen LogP contribution in [0.1, 0.15) is 5.69 Å². The second-order valence-electron chi connectivity index (χ2n) is 6.69. The molecule has 0 saturated heterocycles. The Kier molecular flexibility index (Phi) is 5.60. The summed E-state index contributed by atoms with van der Waals surface area (Å²) in [6, 6.07) is 17.7. The van der Waals surface area contributed by atoms with Gasteiger partial charge in [-0.15, -0.1) is 10.2 Å². The van der Waals surface area contributed by atoms with Gasteiger partial charge in [0.05, 0.1) is 12.3 Å². The van der Waals surface area contributed by atoms with E-state index in [1.165, 1.54) is 17.1 Å². The molecule has 0 radical (unpaired) electrons. The average Bonchev–Trinajstić information content (AvgIpc) is 3.25. The average molecular weight is 426 g/mol. The van der Waals surface area contributed by atoms with Gasteiger partial charge in [-0.05, 0) is 41.8 Å². The van der Waals surface area contributed by atoms with Gasteiger partial charge in [0.1, 0.15) is 0 Å². The number of fused-ring (bicyclic) bond motifs is 1. The van der Waals surface area contributed by atoms with Crippen molar-refractivity contribution in [3.8, 4) is 11.4 Å². The number of nitrogens with one attached hydrogen (secondary N) is 1. The van der Waals surface area contributed by atoms with Crippen LogP contribution in [0.5, 0.6) is 0 Å². The molecule has 6 nitrogen and oxygen atoms in total. The molecule has 0 spiro atoms. The highest BCUT2D eigenvalue weighted by Gasteiger charge is 2.13. The first-order chi connectivity index (χ1) is 14.0. The maximum absolute atomic E-state index is 12.3. The van der Waals surface area contributed by atoms with Gasteiger partial charge in [-0.1, -0.05) is 41.6 Å². The van der Waals surface area contributed by atoms with Crippen LogP contribution < -0.4 is 5.32 Å². The third-order valence-electron chi connectivity index (χ3n) is 4.79. The molecule has 2 aromatic carbocycles. The summed E-state index contributed by atoms with van der Waals surface area (Å²) in [6.07, 6.45) is 0. The number of carbonyl (C=O) groups is 1. The summed E-state index contributed by atoms with van der Waals surface area (Å²) in [5.74, 6) is 0.965. The van der Waals surface area contributed by atoms with Crippen LogP contribution in [0.2, 0.25) is 5.02 Å². The van der Waals surface area contributed by atoms with Crippen molar-refractivity contribution in [2.75, 3.05) is 5.75 Å². The van der Waals surface area contributed by atoms with Gasteiger partial charge in [0.15, 0.2) is 11.0 Å². The van der Waals surface area contributed by atoms with E-state index in [1.54, 1.807) is 0 Å². The number of thioether (sulfide) groups is 1. The Morgan fingerprint density at radius 3 is 2.59 bits per heavy atom. The van der Waals surface area contributed by atoms with Gasteiger partial charge in [0.2, 0.25) is 5.91 Å². The molecule has 2 heterocycles. The number of hydrogen-bond donors (Lipinski definition) is 1. The molecule has 0 unspecified atom stereocenters. The number of rotatable bonds is 6. The summed E-state index contributed by atoms with van der Waals surface area (Å²) < 4.78 is 3.98. The fourth-order valence-electron chi connectivity index (χ4n) is 3.18. The monoisotopic (exact) mass is 425 g/mol. The smallest absolute Gasteiger partial charge is 0.230 e. The highest BCUT2D eigenvalue weighted by molar-refractivity contribution is 7.99. The Morgan fingerprint density at radius 2 is 1.83 bits per heavy atom. The Balaban J connectivity index is 1.36. The van der Waals surface area contributed by atoms with Crippen LogP contribution in [0, 0.1) is 0 Å². The predicted octanol–water partition coefficient (Wildman–Crippen LogP) is 4.04. The Hall–Kier alpha value is -2.77. The fraction of sp³-hybridized carbons (Fsp3) is 0.190. The molecule has 0 aliphatic carbocycles. The number of para-hydroxylation sites is 1. The molecule has 4 rings (SSSR count). The van der Waals surface area contributed by atoms with Gasteiger partial charge in [-0.25, -0.2) is 0 Å². The maximum atomic E-state index is 12.3. The highest BCUT2D eigenvalue weighted by Crippen LogP contribution is 2.24. The zero-order chi connectivity index (χ0) is 20.4. The summed E-state index contributed by atoms with van der Waals surface area (Å²) in [4.78, 5) is 12.3. The third kappa shape index (κ3) is 4.16. The molecular formula is C21H20ClN5OS. The molecule has 0 aliphatic rings. The first-order valence-corrected chi connectivity index (χ1v) is 10.5. The summed E-state index contributed by atoms with van der Waals surface area (Å²) in [5.41, 5.74) is 3.14.